The molecule has 0 saturated carbocycles. The number of halogens is 2. The van der Waals surface area contributed by atoms with Crippen LogP contribution < -0.4 is 10.1 Å². The highest BCUT2D eigenvalue weighted by Crippen LogP contribution is 2.16. The number of guanidine groups is 1. The van der Waals surface area contributed by atoms with Gasteiger partial charge in [0, 0.05) is 20.1 Å². The Labute approximate surface area is 170 Å². The van der Waals surface area contributed by atoms with Crippen LogP contribution in [0.2, 0.25) is 0 Å². The Balaban J connectivity index is 2.00. The van der Waals surface area contributed by atoms with Crippen molar-refractivity contribution in [3.8, 4) is 5.75 Å². The Morgan fingerprint density at radius 1 is 1.14 bits per heavy atom. The number of aliphatic imine (C=N–C) groups is 1. The highest BCUT2D eigenvalue weighted by atomic mass is 32.2. The maximum absolute atomic E-state index is 12.4. The number of nitrogens with zero attached hydrogens (tertiary/aromatic N) is 2. The highest BCUT2D eigenvalue weighted by molar-refractivity contribution is 7.91. The summed E-state index contributed by atoms with van der Waals surface area (Å²) < 4.78 is 53.6. The lowest BCUT2D eigenvalue weighted by molar-refractivity contribution is -0.0498. The predicted octanol–water partition coefficient (Wildman–Crippen LogP) is 3.16. The molecule has 0 saturated heterocycles. The molecule has 2 rings (SSSR count). The molecule has 0 radical (unpaired) electrons. The summed E-state index contributed by atoms with van der Waals surface area (Å²) in [4.78, 5) is 6.52. The first-order valence-electron chi connectivity index (χ1n) is 9.13. The summed E-state index contributed by atoms with van der Waals surface area (Å²) in [5.74, 6) is 0.557. The monoisotopic (exact) mass is 425 g/mol. The van der Waals surface area contributed by atoms with Crippen molar-refractivity contribution < 1.29 is 21.9 Å². The molecule has 0 aliphatic rings. The molecule has 0 spiro atoms. The van der Waals surface area contributed by atoms with Crippen LogP contribution in [0.25, 0.3) is 0 Å². The van der Waals surface area contributed by atoms with E-state index in [0.29, 0.717) is 19.0 Å². The standard InChI is InChI=1S/C20H25F2N3O3S/c1-3-23-20(24-13-14-29(26,27)18-7-5-4-6-8-18)25(2)15-16-9-11-17(12-10-16)28-19(21)22/h4-12,19H,3,13-15H2,1-2H3,(H,23,24). The second-order valence-corrected chi connectivity index (χ2v) is 8.36. The molecule has 0 amide bonds. The fourth-order valence-electron chi connectivity index (χ4n) is 2.61. The molecular formula is C20H25F2N3O3S. The van der Waals surface area contributed by atoms with E-state index < -0.39 is 16.4 Å². The average molecular weight is 426 g/mol. The lowest BCUT2D eigenvalue weighted by atomic mass is 10.2. The molecule has 0 atom stereocenters. The number of sulfone groups is 1. The van der Waals surface area contributed by atoms with Gasteiger partial charge < -0.3 is 15.0 Å². The molecule has 29 heavy (non-hydrogen) atoms. The number of rotatable bonds is 9. The SMILES string of the molecule is CCNC(=NCCS(=O)(=O)c1ccccc1)N(C)Cc1ccc(OC(F)F)cc1. The summed E-state index contributed by atoms with van der Waals surface area (Å²) >= 11 is 0. The number of alkyl halides is 2. The van der Waals surface area contributed by atoms with E-state index in [0.717, 1.165) is 5.56 Å². The Hall–Kier alpha value is -2.68. The quantitative estimate of drug-likeness (QED) is 0.494. The second kappa shape index (κ2) is 10.8. The lowest BCUT2D eigenvalue weighted by Gasteiger charge is -2.22. The van der Waals surface area contributed by atoms with Crippen LogP contribution in [0.1, 0.15) is 12.5 Å². The fraction of sp³-hybridized carbons (Fsp3) is 0.350. The minimum Gasteiger partial charge on any atom is -0.435 e. The maximum Gasteiger partial charge on any atom is 0.387 e. The van der Waals surface area contributed by atoms with Gasteiger partial charge in [0.25, 0.3) is 0 Å². The first kappa shape index (κ1) is 22.6. The van der Waals surface area contributed by atoms with Gasteiger partial charge in [-0.3, -0.25) is 4.99 Å². The summed E-state index contributed by atoms with van der Waals surface area (Å²) in [6.45, 7) is 0.260. The van der Waals surface area contributed by atoms with Crippen molar-refractivity contribution in [2.45, 2.75) is 25.0 Å². The summed E-state index contributed by atoms with van der Waals surface area (Å²) in [6, 6.07) is 14.6. The van der Waals surface area contributed by atoms with Crippen LogP contribution in [0.4, 0.5) is 8.78 Å². The van der Waals surface area contributed by atoms with Gasteiger partial charge in [0.05, 0.1) is 17.2 Å². The normalized spacial score (nSPS) is 12.1. The van der Waals surface area contributed by atoms with E-state index in [1.165, 1.54) is 12.1 Å². The van der Waals surface area contributed by atoms with Crippen LogP contribution in [-0.4, -0.2) is 51.8 Å². The van der Waals surface area contributed by atoms with Crippen molar-refractivity contribution in [1.82, 2.24) is 10.2 Å². The van der Waals surface area contributed by atoms with Gasteiger partial charge >= 0.3 is 6.61 Å². The summed E-state index contributed by atoms with van der Waals surface area (Å²) in [5, 5.41) is 3.12. The molecular weight excluding hydrogens is 400 g/mol. The van der Waals surface area contributed by atoms with Crippen molar-refractivity contribution in [3.63, 3.8) is 0 Å². The zero-order valence-electron chi connectivity index (χ0n) is 16.4. The minimum atomic E-state index is -3.40. The van der Waals surface area contributed by atoms with E-state index in [-0.39, 0.29) is 22.9 Å². The van der Waals surface area contributed by atoms with E-state index >= 15 is 0 Å². The van der Waals surface area contributed by atoms with Gasteiger partial charge in [-0.05, 0) is 36.8 Å². The highest BCUT2D eigenvalue weighted by Gasteiger charge is 2.14. The van der Waals surface area contributed by atoms with Gasteiger partial charge in [0.1, 0.15) is 5.75 Å². The van der Waals surface area contributed by atoms with Crippen molar-refractivity contribution in [3.05, 3.63) is 60.2 Å². The average Bonchev–Trinajstić information content (AvgIpc) is 2.69. The molecule has 9 heteroatoms. The number of hydrogen-bond acceptors (Lipinski definition) is 4. The van der Waals surface area contributed by atoms with E-state index in [9.17, 15) is 17.2 Å². The Kier molecular flexibility index (Phi) is 8.38. The summed E-state index contributed by atoms with van der Waals surface area (Å²) in [5.41, 5.74) is 0.872. The van der Waals surface area contributed by atoms with E-state index in [1.54, 1.807) is 42.5 Å². The number of nitrogens with one attached hydrogen (secondary N) is 1. The Morgan fingerprint density at radius 2 is 1.79 bits per heavy atom. The predicted molar refractivity (Wildman–Crippen MR) is 109 cm³/mol. The fourth-order valence-corrected chi connectivity index (χ4v) is 3.75. The van der Waals surface area contributed by atoms with Crippen LogP contribution in [0, 0.1) is 0 Å². The summed E-state index contributed by atoms with van der Waals surface area (Å²) in [6.07, 6.45) is 0. The Morgan fingerprint density at radius 3 is 2.38 bits per heavy atom. The van der Waals surface area contributed by atoms with Crippen LogP contribution in [0.3, 0.4) is 0 Å². The molecule has 2 aromatic carbocycles. The van der Waals surface area contributed by atoms with E-state index in [1.807, 2.05) is 18.9 Å². The van der Waals surface area contributed by atoms with Crippen LogP contribution in [0.5, 0.6) is 5.75 Å². The molecule has 0 unspecified atom stereocenters. The van der Waals surface area contributed by atoms with Gasteiger partial charge in [-0.2, -0.15) is 8.78 Å². The number of ether oxygens (including phenoxy) is 1. The van der Waals surface area contributed by atoms with E-state index in [4.69, 9.17) is 0 Å². The van der Waals surface area contributed by atoms with Crippen LogP contribution in [0.15, 0.2) is 64.5 Å². The zero-order chi connectivity index (χ0) is 21.3. The largest absolute Gasteiger partial charge is 0.435 e. The zero-order valence-corrected chi connectivity index (χ0v) is 17.2. The van der Waals surface area contributed by atoms with Crippen molar-refractivity contribution >= 4 is 15.8 Å². The first-order chi connectivity index (χ1) is 13.8. The Bertz CT molecular complexity index is 889. The smallest absolute Gasteiger partial charge is 0.387 e. The summed E-state index contributed by atoms with van der Waals surface area (Å²) in [7, 11) is -1.58. The molecule has 0 heterocycles. The molecule has 0 fully saturated rings. The van der Waals surface area contributed by atoms with E-state index in [2.05, 4.69) is 15.0 Å². The van der Waals surface area contributed by atoms with Gasteiger partial charge in [0.2, 0.25) is 0 Å². The van der Waals surface area contributed by atoms with Crippen molar-refractivity contribution in [1.29, 1.82) is 0 Å². The topological polar surface area (TPSA) is 71.0 Å². The molecule has 2 aromatic rings. The molecule has 0 bridgehead atoms. The first-order valence-corrected chi connectivity index (χ1v) is 10.8. The lowest BCUT2D eigenvalue weighted by Crippen LogP contribution is -2.38. The second-order valence-electron chi connectivity index (χ2n) is 6.25. The van der Waals surface area contributed by atoms with Crippen LogP contribution >= 0.6 is 0 Å². The third-order valence-corrected chi connectivity index (χ3v) is 5.70. The van der Waals surface area contributed by atoms with Gasteiger partial charge in [-0.1, -0.05) is 30.3 Å². The molecule has 1 N–H and O–H groups in total. The van der Waals surface area contributed by atoms with Crippen molar-refractivity contribution in [2.75, 3.05) is 25.9 Å². The van der Waals surface area contributed by atoms with Crippen molar-refractivity contribution in [2.24, 2.45) is 4.99 Å². The third-order valence-electron chi connectivity index (χ3n) is 3.99. The van der Waals surface area contributed by atoms with Gasteiger partial charge in [0.15, 0.2) is 15.8 Å². The van der Waals surface area contributed by atoms with Gasteiger partial charge in [-0.15, -0.1) is 0 Å². The molecule has 158 valence electrons. The number of benzene rings is 2. The third kappa shape index (κ3) is 7.34. The molecule has 0 aromatic heterocycles. The minimum absolute atomic E-state index is 0.0955. The number of hydrogen-bond donors (Lipinski definition) is 1. The molecule has 0 aliphatic heterocycles. The van der Waals surface area contributed by atoms with Gasteiger partial charge in [-0.25, -0.2) is 8.42 Å². The van der Waals surface area contributed by atoms with Crippen LogP contribution in [-0.2, 0) is 16.4 Å². The molecule has 6 nitrogen and oxygen atoms in total. The molecule has 0 aliphatic carbocycles. The maximum atomic E-state index is 12.4.